The van der Waals surface area contributed by atoms with E-state index in [1.54, 1.807) is 0 Å². The summed E-state index contributed by atoms with van der Waals surface area (Å²) in [5.74, 6) is 0.435. The van der Waals surface area contributed by atoms with E-state index in [1.807, 2.05) is 19.9 Å². The minimum absolute atomic E-state index is 0.290. The van der Waals surface area contributed by atoms with Crippen LogP contribution in [0.25, 0.3) is 0 Å². The first-order chi connectivity index (χ1) is 8.50. The molecule has 18 heavy (non-hydrogen) atoms. The largest absolute Gasteiger partial charge is 0.486 e. The van der Waals surface area contributed by atoms with Gasteiger partial charge in [-0.05, 0) is 43.0 Å². The van der Waals surface area contributed by atoms with Crippen molar-refractivity contribution in [2.75, 3.05) is 13.2 Å². The summed E-state index contributed by atoms with van der Waals surface area (Å²) >= 11 is 0. The second-order valence-corrected chi connectivity index (χ2v) is 4.46. The SMILES string of the molecule is Cc1c(CC(N)C(=O)O)cc2c(c1C)OCCO2. The van der Waals surface area contributed by atoms with Crippen LogP contribution in [0.1, 0.15) is 16.7 Å². The van der Waals surface area contributed by atoms with Crippen LogP contribution in [0.4, 0.5) is 0 Å². The van der Waals surface area contributed by atoms with Gasteiger partial charge < -0.3 is 20.3 Å². The smallest absolute Gasteiger partial charge is 0.320 e. The highest BCUT2D eigenvalue weighted by atomic mass is 16.6. The Kier molecular flexibility index (Phi) is 3.43. The second kappa shape index (κ2) is 4.86. The number of hydrogen-bond acceptors (Lipinski definition) is 4. The lowest BCUT2D eigenvalue weighted by Gasteiger charge is -2.23. The predicted octanol–water partition coefficient (Wildman–Crippen LogP) is 1.03. The number of carboxylic acids is 1. The van der Waals surface area contributed by atoms with Gasteiger partial charge in [0.25, 0.3) is 0 Å². The van der Waals surface area contributed by atoms with Gasteiger partial charge in [0.05, 0.1) is 0 Å². The Morgan fingerprint density at radius 2 is 2.06 bits per heavy atom. The predicted molar refractivity (Wildman–Crippen MR) is 66.2 cm³/mol. The van der Waals surface area contributed by atoms with Crippen molar-refractivity contribution in [1.82, 2.24) is 0 Å². The summed E-state index contributed by atoms with van der Waals surface area (Å²) in [7, 11) is 0. The monoisotopic (exact) mass is 251 g/mol. The Labute approximate surface area is 106 Å². The van der Waals surface area contributed by atoms with Gasteiger partial charge in [-0.1, -0.05) is 0 Å². The Morgan fingerprint density at radius 1 is 1.39 bits per heavy atom. The van der Waals surface area contributed by atoms with E-state index >= 15 is 0 Å². The summed E-state index contributed by atoms with van der Waals surface area (Å²) in [6, 6.07) is 0.935. The lowest BCUT2D eigenvalue weighted by Crippen LogP contribution is -2.32. The molecule has 0 radical (unpaired) electrons. The van der Waals surface area contributed by atoms with Crippen LogP contribution < -0.4 is 15.2 Å². The molecule has 2 rings (SSSR count). The normalized spacial score (nSPS) is 15.3. The molecule has 0 amide bonds. The maximum atomic E-state index is 10.8. The standard InChI is InChI=1S/C13H17NO4/c1-7-8(2)12-11(17-3-4-18-12)6-9(7)5-10(14)13(15)16/h6,10H,3-5,14H2,1-2H3,(H,15,16). The van der Waals surface area contributed by atoms with Crippen molar-refractivity contribution >= 4 is 5.97 Å². The first kappa shape index (κ1) is 12.7. The van der Waals surface area contributed by atoms with E-state index in [0.717, 1.165) is 22.4 Å². The molecule has 0 aromatic heterocycles. The molecule has 0 saturated carbocycles. The number of aliphatic carboxylic acids is 1. The highest BCUT2D eigenvalue weighted by Gasteiger charge is 2.21. The van der Waals surface area contributed by atoms with Gasteiger partial charge in [-0.3, -0.25) is 4.79 Å². The van der Waals surface area contributed by atoms with Crippen LogP contribution >= 0.6 is 0 Å². The lowest BCUT2D eigenvalue weighted by molar-refractivity contribution is -0.138. The van der Waals surface area contributed by atoms with E-state index in [2.05, 4.69) is 0 Å². The number of carboxylic acid groups (broad SMARTS) is 1. The molecular formula is C13H17NO4. The number of fused-ring (bicyclic) bond motifs is 1. The number of rotatable bonds is 3. The molecule has 1 atom stereocenters. The zero-order valence-electron chi connectivity index (χ0n) is 10.5. The minimum atomic E-state index is -0.998. The second-order valence-electron chi connectivity index (χ2n) is 4.46. The molecular weight excluding hydrogens is 234 g/mol. The van der Waals surface area contributed by atoms with Gasteiger partial charge in [0.15, 0.2) is 11.5 Å². The molecule has 98 valence electrons. The number of ether oxygens (including phenoxy) is 2. The van der Waals surface area contributed by atoms with Crippen LogP contribution in [0, 0.1) is 13.8 Å². The average Bonchev–Trinajstić information content (AvgIpc) is 2.35. The molecule has 0 spiro atoms. The number of nitrogens with two attached hydrogens (primary N) is 1. The first-order valence-electron chi connectivity index (χ1n) is 5.87. The zero-order chi connectivity index (χ0) is 13.3. The fraction of sp³-hybridized carbons (Fsp3) is 0.462. The summed E-state index contributed by atoms with van der Waals surface area (Å²) in [5.41, 5.74) is 8.46. The van der Waals surface area contributed by atoms with Gasteiger partial charge in [-0.2, -0.15) is 0 Å². The summed E-state index contributed by atoms with van der Waals surface area (Å²) in [4.78, 5) is 10.8. The summed E-state index contributed by atoms with van der Waals surface area (Å²) in [6.07, 6.45) is 0.290. The van der Waals surface area contributed by atoms with Crippen LogP contribution in [-0.2, 0) is 11.2 Å². The molecule has 0 aliphatic carbocycles. The fourth-order valence-electron chi connectivity index (χ4n) is 2.05. The minimum Gasteiger partial charge on any atom is -0.486 e. The lowest BCUT2D eigenvalue weighted by atomic mass is 9.96. The van der Waals surface area contributed by atoms with Gasteiger partial charge in [0, 0.05) is 0 Å². The summed E-state index contributed by atoms with van der Waals surface area (Å²) in [6.45, 7) is 4.94. The van der Waals surface area contributed by atoms with Crippen molar-refractivity contribution in [2.24, 2.45) is 5.73 Å². The van der Waals surface area contributed by atoms with E-state index in [4.69, 9.17) is 20.3 Å². The third-order valence-corrected chi connectivity index (χ3v) is 3.26. The number of carbonyl (C=O) groups is 1. The molecule has 1 aliphatic heterocycles. The fourth-order valence-corrected chi connectivity index (χ4v) is 2.05. The molecule has 1 aliphatic rings. The maximum absolute atomic E-state index is 10.8. The van der Waals surface area contributed by atoms with Crippen molar-refractivity contribution < 1.29 is 19.4 Å². The molecule has 1 aromatic rings. The van der Waals surface area contributed by atoms with E-state index in [0.29, 0.717) is 25.4 Å². The third-order valence-electron chi connectivity index (χ3n) is 3.26. The Morgan fingerprint density at radius 3 is 2.72 bits per heavy atom. The highest BCUT2D eigenvalue weighted by Crippen LogP contribution is 2.37. The molecule has 5 nitrogen and oxygen atoms in total. The molecule has 5 heteroatoms. The van der Waals surface area contributed by atoms with E-state index < -0.39 is 12.0 Å². The molecule has 1 aromatic carbocycles. The first-order valence-corrected chi connectivity index (χ1v) is 5.87. The Hall–Kier alpha value is -1.75. The zero-order valence-corrected chi connectivity index (χ0v) is 10.5. The van der Waals surface area contributed by atoms with Gasteiger partial charge in [0.1, 0.15) is 19.3 Å². The maximum Gasteiger partial charge on any atom is 0.320 e. The van der Waals surface area contributed by atoms with Gasteiger partial charge in [-0.25, -0.2) is 0 Å². The topological polar surface area (TPSA) is 81.8 Å². The van der Waals surface area contributed by atoms with E-state index in [-0.39, 0.29) is 0 Å². The molecule has 0 saturated heterocycles. The van der Waals surface area contributed by atoms with Gasteiger partial charge in [-0.15, -0.1) is 0 Å². The highest BCUT2D eigenvalue weighted by molar-refractivity contribution is 5.73. The quantitative estimate of drug-likeness (QED) is 0.838. The van der Waals surface area contributed by atoms with Crippen molar-refractivity contribution in [2.45, 2.75) is 26.3 Å². The molecule has 0 fully saturated rings. The van der Waals surface area contributed by atoms with Crippen LogP contribution in [0.15, 0.2) is 6.07 Å². The molecule has 0 bridgehead atoms. The van der Waals surface area contributed by atoms with Crippen LogP contribution in [-0.4, -0.2) is 30.3 Å². The number of benzene rings is 1. The van der Waals surface area contributed by atoms with Crippen molar-refractivity contribution in [3.8, 4) is 11.5 Å². The van der Waals surface area contributed by atoms with E-state index in [9.17, 15) is 4.79 Å². The summed E-state index contributed by atoms with van der Waals surface area (Å²) < 4.78 is 11.1. The van der Waals surface area contributed by atoms with Gasteiger partial charge >= 0.3 is 5.97 Å². The summed E-state index contributed by atoms with van der Waals surface area (Å²) in [5, 5.41) is 8.86. The van der Waals surface area contributed by atoms with E-state index in [1.165, 1.54) is 0 Å². The third kappa shape index (κ3) is 2.26. The molecule has 1 unspecified atom stereocenters. The molecule has 3 N–H and O–H groups in total. The van der Waals surface area contributed by atoms with Crippen molar-refractivity contribution in [1.29, 1.82) is 0 Å². The van der Waals surface area contributed by atoms with Crippen LogP contribution in [0.5, 0.6) is 11.5 Å². The van der Waals surface area contributed by atoms with Crippen LogP contribution in [0.2, 0.25) is 0 Å². The van der Waals surface area contributed by atoms with Crippen LogP contribution in [0.3, 0.4) is 0 Å². The van der Waals surface area contributed by atoms with Crippen molar-refractivity contribution in [3.05, 3.63) is 22.8 Å². The Balaban J connectivity index is 2.37. The average molecular weight is 251 g/mol. The van der Waals surface area contributed by atoms with Gasteiger partial charge in [0.2, 0.25) is 0 Å². The number of hydrogen-bond donors (Lipinski definition) is 2. The van der Waals surface area contributed by atoms with Crippen molar-refractivity contribution in [3.63, 3.8) is 0 Å². The molecule has 1 heterocycles. The Bertz CT molecular complexity index is 484.